The van der Waals surface area contributed by atoms with E-state index in [0.717, 1.165) is 39.5 Å². The Balaban J connectivity index is 2.85. The van der Waals surface area contributed by atoms with Crippen molar-refractivity contribution in [3.05, 3.63) is 28.8 Å². The predicted octanol–water partition coefficient (Wildman–Crippen LogP) is 2.85. The smallest absolute Gasteiger partial charge is 0.282 e. The van der Waals surface area contributed by atoms with Crippen LogP contribution in [0.2, 0.25) is 0 Å². The number of benzene rings is 1. The van der Waals surface area contributed by atoms with Gasteiger partial charge in [-0.1, -0.05) is 31.5 Å². The van der Waals surface area contributed by atoms with E-state index in [1.54, 1.807) is 0 Å². The minimum Gasteiger partial charge on any atom is -0.324 e. The molecular formula is C18H31N3O3S. The largest absolute Gasteiger partial charge is 0.324 e. The molecule has 1 rings (SSSR count). The Morgan fingerprint density at radius 1 is 1.04 bits per heavy atom. The molecule has 0 radical (unpaired) electrons. The van der Waals surface area contributed by atoms with Gasteiger partial charge in [0, 0.05) is 25.8 Å². The standard InChI is InChI=1S/C18H31N3O3S/c1-7-9-21(10-8-2)25(23,24)20(6)13-17(22)19-18-15(4)11-14(3)12-16(18)5/h11-12H,7-10,13H2,1-6H3,(H,19,22). The summed E-state index contributed by atoms with van der Waals surface area (Å²) in [5, 5.41) is 2.85. The molecule has 0 saturated heterocycles. The van der Waals surface area contributed by atoms with Crippen LogP contribution in [0.4, 0.5) is 5.69 Å². The van der Waals surface area contributed by atoms with Crippen LogP contribution in [-0.4, -0.2) is 49.6 Å². The van der Waals surface area contributed by atoms with E-state index in [1.165, 1.54) is 11.4 Å². The Bertz CT molecular complexity index is 673. The van der Waals surface area contributed by atoms with Crippen LogP contribution >= 0.6 is 0 Å². The first-order valence-electron chi connectivity index (χ1n) is 8.72. The highest BCUT2D eigenvalue weighted by Crippen LogP contribution is 2.22. The van der Waals surface area contributed by atoms with Gasteiger partial charge in [0.2, 0.25) is 5.91 Å². The topological polar surface area (TPSA) is 69.7 Å². The van der Waals surface area contributed by atoms with Gasteiger partial charge < -0.3 is 5.32 Å². The minimum atomic E-state index is -3.63. The van der Waals surface area contributed by atoms with Crippen molar-refractivity contribution in [3.8, 4) is 0 Å². The Kier molecular flexibility index (Phi) is 8.05. The lowest BCUT2D eigenvalue weighted by Gasteiger charge is -2.26. The number of carbonyl (C=O) groups is 1. The number of amides is 1. The van der Waals surface area contributed by atoms with Crippen LogP contribution in [0.5, 0.6) is 0 Å². The Morgan fingerprint density at radius 2 is 1.52 bits per heavy atom. The Morgan fingerprint density at radius 3 is 1.96 bits per heavy atom. The summed E-state index contributed by atoms with van der Waals surface area (Å²) < 4.78 is 27.8. The van der Waals surface area contributed by atoms with E-state index in [0.29, 0.717) is 13.1 Å². The molecule has 1 amide bonds. The fourth-order valence-electron chi connectivity index (χ4n) is 2.88. The summed E-state index contributed by atoms with van der Waals surface area (Å²) in [4.78, 5) is 12.4. The molecule has 0 saturated carbocycles. The molecule has 6 nitrogen and oxygen atoms in total. The lowest BCUT2D eigenvalue weighted by atomic mass is 10.1. The highest BCUT2D eigenvalue weighted by atomic mass is 32.2. The third kappa shape index (κ3) is 5.80. The third-order valence-corrected chi connectivity index (χ3v) is 5.91. The van der Waals surface area contributed by atoms with Crippen molar-refractivity contribution in [1.82, 2.24) is 8.61 Å². The molecule has 0 unspecified atom stereocenters. The van der Waals surface area contributed by atoms with Crippen molar-refractivity contribution in [1.29, 1.82) is 0 Å². The first-order valence-corrected chi connectivity index (χ1v) is 10.1. The van der Waals surface area contributed by atoms with E-state index >= 15 is 0 Å². The number of aryl methyl sites for hydroxylation is 3. The monoisotopic (exact) mass is 369 g/mol. The van der Waals surface area contributed by atoms with Crippen LogP contribution in [0.25, 0.3) is 0 Å². The number of hydrogen-bond acceptors (Lipinski definition) is 3. The molecule has 25 heavy (non-hydrogen) atoms. The quantitative estimate of drug-likeness (QED) is 0.728. The number of carbonyl (C=O) groups excluding carboxylic acids is 1. The fraction of sp³-hybridized carbons (Fsp3) is 0.611. The highest BCUT2D eigenvalue weighted by Gasteiger charge is 2.27. The van der Waals surface area contributed by atoms with Crippen molar-refractivity contribution in [2.24, 2.45) is 0 Å². The lowest BCUT2D eigenvalue weighted by molar-refractivity contribution is -0.116. The fourth-order valence-corrected chi connectivity index (χ4v) is 4.38. The van der Waals surface area contributed by atoms with Crippen LogP contribution < -0.4 is 5.32 Å². The summed E-state index contributed by atoms with van der Waals surface area (Å²) in [7, 11) is -2.19. The molecule has 1 N–H and O–H groups in total. The molecule has 7 heteroatoms. The summed E-state index contributed by atoms with van der Waals surface area (Å²) in [6.07, 6.45) is 1.47. The van der Waals surface area contributed by atoms with Gasteiger partial charge in [0.15, 0.2) is 0 Å². The van der Waals surface area contributed by atoms with Crippen LogP contribution in [0.1, 0.15) is 43.4 Å². The summed E-state index contributed by atoms with van der Waals surface area (Å²) in [5.41, 5.74) is 3.81. The van der Waals surface area contributed by atoms with Crippen LogP contribution in [0.3, 0.4) is 0 Å². The second-order valence-electron chi connectivity index (χ2n) is 6.48. The van der Waals surface area contributed by atoms with Gasteiger partial charge in [-0.05, 0) is 44.7 Å². The molecule has 0 fully saturated rings. The predicted molar refractivity (Wildman–Crippen MR) is 103 cm³/mol. The van der Waals surface area contributed by atoms with Crippen molar-refractivity contribution >= 4 is 21.8 Å². The molecule has 1 aromatic rings. The van der Waals surface area contributed by atoms with Gasteiger partial charge >= 0.3 is 0 Å². The molecule has 0 aliphatic carbocycles. The normalized spacial score (nSPS) is 12.0. The lowest BCUT2D eigenvalue weighted by Crippen LogP contribution is -2.45. The summed E-state index contributed by atoms with van der Waals surface area (Å²) in [6, 6.07) is 3.99. The summed E-state index contributed by atoms with van der Waals surface area (Å²) in [6.45, 7) is 10.4. The maximum atomic E-state index is 12.6. The number of nitrogens with zero attached hydrogens (tertiary/aromatic N) is 2. The van der Waals surface area contributed by atoms with Gasteiger partial charge in [0.25, 0.3) is 10.2 Å². The van der Waals surface area contributed by atoms with Gasteiger partial charge in [-0.2, -0.15) is 17.0 Å². The second-order valence-corrected chi connectivity index (χ2v) is 8.52. The third-order valence-electron chi connectivity index (χ3n) is 3.97. The van der Waals surface area contributed by atoms with Crippen molar-refractivity contribution in [3.63, 3.8) is 0 Å². The number of likely N-dealkylation sites (N-methyl/N-ethyl adjacent to an activating group) is 1. The highest BCUT2D eigenvalue weighted by molar-refractivity contribution is 7.86. The first-order chi connectivity index (χ1) is 11.6. The molecule has 0 aliphatic rings. The van der Waals surface area contributed by atoms with E-state index in [2.05, 4.69) is 5.32 Å². The zero-order valence-electron chi connectivity index (χ0n) is 16.2. The molecule has 1 aromatic carbocycles. The average molecular weight is 370 g/mol. The van der Waals surface area contributed by atoms with Crippen LogP contribution in [0, 0.1) is 20.8 Å². The molecule has 0 aromatic heterocycles. The van der Waals surface area contributed by atoms with Gasteiger partial charge in [0.05, 0.1) is 6.54 Å². The maximum absolute atomic E-state index is 12.6. The Hall–Kier alpha value is -1.44. The first kappa shape index (κ1) is 21.6. The van der Waals surface area contributed by atoms with E-state index < -0.39 is 10.2 Å². The second kappa shape index (κ2) is 9.31. The SMILES string of the molecule is CCCN(CCC)S(=O)(=O)N(C)CC(=O)Nc1c(C)cc(C)cc1C. The molecule has 0 spiro atoms. The van der Waals surface area contributed by atoms with Gasteiger partial charge in [-0.25, -0.2) is 0 Å². The number of hydrogen-bond donors (Lipinski definition) is 1. The summed E-state index contributed by atoms with van der Waals surface area (Å²) >= 11 is 0. The van der Waals surface area contributed by atoms with Crippen LogP contribution in [0.15, 0.2) is 12.1 Å². The number of rotatable bonds is 9. The van der Waals surface area contributed by atoms with Gasteiger partial charge in [-0.15, -0.1) is 0 Å². The zero-order valence-corrected chi connectivity index (χ0v) is 17.0. The number of nitrogens with one attached hydrogen (secondary N) is 1. The van der Waals surface area contributed by atoms with E-state index in [4.69, 9.17) is 0 Å². The maximum Gasteiger partial charge on any atom is 0.282 e. The van der Waals surface area contributed by atoms with Crippen molar-refractivity contribution < 1.29 is 13.2 Å². The van der Waals surface area contributed by atoms with Crippen LogP contribution in [-0.2, 0) is 15.0 Å². The zero-order chi connectivity index (χ0) is 19.2. The molecule has 0 aliphatic heterocycles. The molecule has 142 valence electrons. The van der Waals surface area contributed by atoms with E-state index in [1.807, 2.05) is 46.8 Å². The van der Waals surface area contributed by atoms with Crippen molar-refractivity contribution in [2.45, 2.75) is 47.5 Å². The van der Waals surface area contributed by atoms with Gasteiger partial charge in [-0.3, -0.25) is 4.79 Å². The van der Waals surface area contributed by atoms with Crippen molar-refractivity contribution in [2.75, 3.05) is 32.0 Å². The molecule has 0 bridgehead atoms. The van der Waals surface area contributed by atoms with E-state index in [-0.39, 0.29) is 12.5 Å². The molecule has 0 atom stereocenters. The van der Waals surface area contributed by atoms with E-state index in [9.17, 15) is 13.2 Å². The Labute approximate surface area is 152 Å². The summed E-state index contributed by atoms with van der Waals surface area (Å²) in [5.74, 6) is -0.339. The molecule has 0 heterocycles. The number of anilines is 1. The average Bonchev–Trinajstić information content (AvgIpc) is 2.50. The van der Waals surface area contributed by atoms with Gasteiger partial charge in [0.1, 0.15) is 0 Å². The minimum absolute atomic E-state index is 0.209. The molecular weight excluding hydrogens is 338 g/mol.